The summed E-state index contributed by atoms with van der Waals surface area (Å²) in [5.41, 5.74) is 5.27. The van der Waals surface area contributed by atoms with Gasteiger partial charge in [-0.25, -0.2) is 4.68 Å². The van der Waals surface area contributed by atoms with Crippen LogP contribution in [0.4, 0.5) is 0 Å². The van der Waals surface area contributed by atoms with Crippen LogP contribution < -0.4 is 0 Å². The first kappa shape index (κ1) is 13.6. The minimum Gasteiger partial charge on any atom is -0.256 e. The topological polar surface area (TPSA) is 43.6 Å². The van der Waals surface area contributed by atoms with Gasteiger partial charge in [0.05, 0.1) is 17.8 Å². The van der Waals surface area contributed by atoms with Crippen LogP contribution in [0.2, 0.25) is 0 Å². The summed E-state index contributed by atoms with van der Waals surface area (Å²) in [6.45, 7) is 2.75. The molecule has 4 rings (SSSR count). The zero-order chi connectivity index (χ0) is 15.6. The Bertz CT molecular complexity index is 957. The van der Waals surface area contributed by atoms with Crippen LogP contribution in [0.3, 0.4) is 0 Å². The molecule has 0 bridgehead atoms. The quantitative estimate of drug-likeness (QED) is 0.577. The highest BCUT2D eigenvalue weighted by Gasteiger charge is 2.10. The maximum atomic E-state index is 4.41. The molecule has 112 valence electrons. The van der Waals surface area contributed by atoms with E-state index in [0.29, 0.717) is 6.54 Å². The van der Waals surface area contributed by atoms with E-state index in [1.54, 1.807) is 0 Å². The Hall–Kier alpha value is -3.01. The van der Waals surface area contributed by atoms with Crippen molar-refractivity contribution >= 4 is 10.9 Å². The van der Waals surface area contributed by atoms with Gasteiger partial charge in [0.25, 0.3) is 0 Å². The minimum absolute atomic E-state index is 0.693. The normalized spacial score (nSPS) is 11.0. The average molecular weight is 300 g/mol. The number of rotatable bonds is 3. The molecular formula is C19H16N4. The molecule has 0 aliphatic carbocycles. The molecule has 0 unspecified atom stereocenters. The van der Waals surface area contributed by atoms with E-state index in [4.69, 9.17) is 0 Å². The molecule has 0 fully saturated rings. The minimum atomic E-state index is 0.693. The second-order valence-corrected chi connectivity index (χ2v) is 5.58. The standard InChI is InChI=1S/C19H16N4/c1-14-19(17-6-3-2-4-7-17)21-22-23(14)13-15-9-10-16-8-5-11-20-18(16)12-15/h2-12H,13H2,1H3. The van der Waals surface area contributed by atoms with Gasteiger partial charge in [0.1, 0.15) is 5.69 Å². The lowest BCUT2D eigenvalue weighted by Gasteiger charge is -2.05. The van der Waals surface area contributed by atoms with E-state index in [9.17, 15) is 0 Å². The highest BCUT2D eigenvalue weighted by molar-refractivity contribution is 5.78. The zero-order valence-corrected chi connectivity index (χ0v) is 12.8. The van der Waals surface area contributed by atoms with Crippen LogP contribution in [-0.4, -0.2) is 20.0 Å². The highest BCUT2D eigenvalue weighted by atomic mass is 15.4. The van der Waals surface area contributed by atoms with E-state index in [1.165, 1.54) is 5.56 Å². The zero-order valence-electron chi connectivity index (χ0n) is 12.8. The first-order valence-electron chi connectivity index (χ1n) is 7.60. The van der Waals surface area contributed by atoms with Crippen LogP contribution in [0.1, 0.15) is 11.3 Å². The van der Waals surface area contributed by atoms with Gasteiger partial charge >= 0.3 is 0 Å². The van der Waals surface area contributed by atoms with Gasteiger partial charge in [-0.3, -0.25) is 4.98 Å². The van der Waals surface area contributed by atoms with E-state index in [0.717, 1.165) is 27.9 Å². The molecule has 4 heteroatoms. The Balaban J connectivity index is 1.67. The van der Waals surface area contributed by atoms with Gasteiger partial charge in [-0.1, -0.05) is 53.7 Å². The lowest BCUT2D eigenvalue weighted by Crippen LogP contribution is -2.04. The first-order chi connectivity index (χ1) is 11.3. The maximum absolute atomic E-state index is 4.41. The van der Waals surface area contributed by atoms with Crippen molar-refractivity contribution in [3.63, 3.8) is 0 Å². The fraction of sp³-hybridized carbons (Fsp3) is 0.105. The fourth-order valence-corrected chi connectivity index (χ4v) is 2.76. The Morgan fingerprint density at radius 2 is 1.83 bits per heavy atom. The van der Waals surface area contributed by atoms with Crippen LogP contribution >= 0.6 is 0 Å². The Kier molecular flexibility index (Phi) is 3.35. The summed E-state index contributed by atoms with van der Waals surface area (Å²) in [5, 5.41) is 9.81. The Morgan fingerprint density at radius 3 is 2.70 bits per heavy atom. The monoisotopic (exact) mass is 300 g/mol. The van der Waals surface area contributed by atoms with Crippen LogP contribution in [0.15, 0.2) is 66.9 Å². The molecule has 0 N–H and O–H groups in total. The molecular weight excluding hydrogens is 284 g/mol. The average Bonchev–Trinajstić information content (AvgIpc) is 2.96. The first-order valence-corrected chi connectivity index (χ1v) is 7.60. The second-order valence-electron chi connectivity index (χ2n) is 5.58. The third-order valence-electron chi connectivity index (χ3n) is 4.03. The molecule has 2 heterocycles. The van der Waals surface area contributed by atoms with Gasteiger partial charge < -0.3 is 0 Å². The summed E-state index contributed by atoms with van der Waals surface area (Å²) in [6.07, 6.45) is 1.82. The maximum Gasteiger partial charge on any atom is 0.115 e. The summed E-state index contributed by atoms with van der Waals surface area (Å²) in [6, 6.07) is 20.5. The van der Waals surface area contributed by atoms with Crippen molar-refractivity contribution in [2.45, 2.75) is 13.5 Å². The van der Waals surface area contributed by atoms with Crippen molar-refractivity contribution in [2.24, 2.45) is 0 Å². The predicted molar refractivity (Wildman–Crippen MR) is 91.0 cm³/mol. The van der Waals surface area contributed by atoms with E-state index >= 15 is 0 Å². The molecule has 4 aromatic rings. The summed E-state index contributed by atoms with van der Waals surface area (Å²) in [5.74, 6) is 0. The third kappa shape index (κ3) is 2.59. The van der Waals surface area contributed by atoms with Crippen molar-refractivity contribution < 1.29 is 0 Å². The smallest absolute Gasteiger partial charge is 0.115 e. The van der Waals surface area contributed by atoms with Crippen LogP contribution in [0.5, 0.6) is 0 Å². The lowest BCUT2D eigenvalue weighted by atomic mass is 10.1. The summed E-state index contributed by atoms with van der Waals surface area (Å²) in [7, 11) is 0. The van der Waals surface area contributed by atoms with Gasteiger partial charge in [-0.15, -0.1) is 5.10 Å². The van der Waals surface area contributed by atoms with Crippen LogP contribution in [-0.2, 0) is 6.54 Å². The molecule has 4 nitrogen and oxygen atoms in total. The lowest BCUT2D eigenvalue weighted by molar-refractivity contribution is 0.634. The van der Waals surface area contributed by atoms with Crippen molar-refractivity contribution in [2.75, 3.05) is 0 Å². The van der Waals surface area contributed by atoms with E-state index in [2.05, 4.69) is 58.6 Å². The van der Waals surface area contributed by atoms with E-state index in [1.807, 2.05) is 35.1 Å². The van der Waals surface area contributed by atoms with Gasteiger partial charge in [-0.2, -0.15) is 0 Å². The number of fused-ring (bicyclic) bond motifs is 1. The van der Waals surface area contributed by atoms with Gasteiger partial charge in [-0.05, 0) is 24.6 Å². The number of aromatic nitrogens is 4. The number of benzene rings is 2. The molecule has 0 amide bonds. The van der Waals surface area contributed by atoms with Crippen LogP contribution in [0.25, 0.3) is 22.2 Å². The number of pyridine rings is 1. The molecule has 0 radical (unpaired) electrons. The van der Waals surface area contributed by atoms with Gasteiger partial charge in [0, 0.05) is 17.1 Å². The van der Waals surface area contributed by atoms with Gasteiger partial charge in [0.2, 0.25) is 0 Å². The fourth-order valence-electron chi connectivity index (χ4n) is 2.76. The van der Waals surface area contributed by atoms with E-state index < -0.39 is 0 Å². The number of hydrogen-bond acceptors (Lipinski definition) is 3. The summed E-state index contributed by atoms with van der Waals surface area (Å²) in [4.78, 5) is 4.41. The van der Waals surface area contributed by atoms with Crippen molar-refractivity contribution in [3.05, 3.63) is 78.1 Å². The van der Waals surface area contributed by atoms with Crippen molar-refractivity contribution in [1.29, 1.82) is 0 Å². The van der Waals surface area contributed by atoms with Crippen molar-refractivity contribution in [1.82, 2.24) is 20.0 Å². The van der Waals surface area contributed by atoms with Gasteiger partial charge in [0.15, 0.2) is 0 Å². The predicted octanol–water partition coefficient (Wildman–Crippen LogP) is 3.85. The molecule has 0 saturated heterocycles. The largest absolute Gasteiger partial charge is 0.256 e. The summed E-state index contributed by atoms with van der Waals surface area (Å²) >= 11 is 0. The molecule has 0 aliphatic heterocycles. The van der Waals surface area contributed by atoms with Crippen molar-refractivity contribution in [3.8, 4) is 11.3 Å². The Morgan fingerprint density at radius 1 is 0.957 bits per heavy atom. The molecule has 23 heavy (non-hydrogen) atoms. The number of nitrogens with zero attached hydrogens (tertiary/aromatic N) is 4. The Labute approximate surface area is 134 Å². The molecule has 2 aromatic carbocycles. The molecule has 0 saturated carbocycles. The van der Waals surface area contributed by atoms with Crippen LogP contribution in [0, 0.1) is 6.92 Å². The molecule has 2 aromatic heterocycles. The molecule has 0 atom stereocenters. The highest BCUT2D eigenvalue weighted by Crippen LogP contribution is 2.21. The molecule has 0 spiro atoms. The summed E-state index contributed by atoms with van der Waals surface area (Å²) < 4.78 is 1.94. The third-order valence-corrected chi connectivity index (χ3v) is 4.03. The molecule has 0 aliphatic rings. The second kappa shape index (κ2) is 5.65. The van der Waals surface area contributed by atoms with E-state index in [-0.39, 0.29) is 0 Å². The number of hydrogen-bond donors (Lipinski definition) is 0. The SMILES string of the molecule is Cc1c(-c2ccccc2)nnn1Cc1ccc2cccnc2c1.